The molecule has 2 aliphatic rings. The molecular weight excluding hydrogens is 416 g/mol. The van der Waals surface area contributed by atoms with Crippen LogP contribution in [0.5, 0.6) is 17.2 Å². The van der Waals surface area contributed by atoms with E-state index in [2.05, 4.69) is 0 Å². The highest BCUT2D eigenvalue weighted by molar-refractivity contribution is 7.87. The molecule has 0 spiro atoms. The van der Waals surface area contributed by atoms with Gasteiger partial charge in [-0.3, -0.25) is 0 Å². The van der Waals surface area contributed by atoms with Crippen LogP contribution in [0.1, 0.15) is 17.5 Å². The molecule has 5 rings (SSSR count). The summed E-state index contributed by atoms with van der Waals surface area (Å²) in [7, 11) is -3.95. The average molecular weight is 436 g/mol. The van der Waals surface area contributed by atoms with E-state index in [9.17, 15) is 18.6 Å². The lowest BCUT2D eigenvalue weighted by molar-refractivity contribution is 0.128. The number of para-hydroxylation sites is 1. The Morgan fingerprint density at radius 2 is 1.32 bits per heavy atom. The zero-order valence-corrected chi connectivity index (χ0v) is 17.2. The van der Waals surface area contributed by atoms with Crippen LogP contribution < -0.4 is 4.18 Å². The zero-order chi connectivity index (χ0) is 21.6. The first-order valence-electron chi connectivity index (χ1n) is 9.89. The Bertz CT molecular complexity index is 1230. The van der Waals surface area contributed by atoms with E-state index < -0.39 is 27.6 Å². The van der Waals surface area contributed by atoms with E-state index in [-0.39, 0.29) is 23.7 Å². The number of hydrogen-bond acceptors (Lipinski definition) is 6. The fourth-order valence-electron chi connectivity index (χ4n) is 4.31. The molecular formula is C24H20O6S. The summed E-state index contributed by atoms with van der Waals surface area (Å²) in [5.41, 5.74) is 3.27. The van der Waals surface area contributed by atoms with E-state index in [1.165, 1.54) is 0 Å². The van der Waals surface area contributed by atoms with Gasteiger partial charge in [0.15, 0.2) is 0 Å². The fourth-order valence-corrected chi connectivity index (χ4v) is 5.72. The van der Waals surface area contributed by atoms with Crippen molar-refractivity contribution in [2.24, 2.45) is 0 Å². The Kier molecular flexibility index (Phi) is 4.72. The minimum atomic E-state index is -3.95. The van der Waals surface area contributed by atoms with Crippen LogP contribution in [0, 0.1) is 0 Å². The largest absolute Gasteiger partial charge is 0.508 e. The van der Waals surface area contributed by atoms with Gasteiger partial charge in [-0.25, -0.2) is 0 Å². The van der Waals surface area contributed by atoms with Gasteiger partial charge in [-0.1, -0.05) is 42.5 Å². The third kappa shape index (κ3) is 3.56. The van der Waals surface area contributed by atoms with Gasteiger partial charge in [0.1, 0.15) is 28.6 Å². The van der Waals surface area contributed by atoms with E-state index in [0.29, 0.717) is 0 Å². The van der Waals surface area contributed by atoms with Crippen LogP contribution in [0.3, 0.4) is 0 Å². The van der Waals surface area contributed by atoms with Crippen molar-refractivity contribution >= 4 is 21.3 Å². The standard InChI is InChI=1S/C24H20O6S/c25-17-10-6-15(7-11-17)22-20-14-21(31(27,28)30-19-4-2-1-3-5-19)24(29-20)23(22)16-8-12-18(26)13-9-16/h1-13,20-21,24-26H,14H2/t20-,21-,24+/m1/s1. The van der Waals surface area contributed by atoms with Crippen LogP contribution >= 0.6 is 0 Å². The zero-order valence-electron chi connectivity index (χ0n) is 16.4. The number of fused-ring (bicyclic) bond motifs is 2. The van der Waals surface area contributed by atoms with Gasteiger partial charge in [-0.15, -0.1) is 0 Å². The number of hydrogen-bond donors (Lipinski definition) is 2. The lowest BCUT2D eigenvalue weighted by Gasteiger charge is -2.24. The summed E-state index contributed by atoms with van der Waals surface area (Å²) < 4.78 is 37.8. The maximum atomic E-state index is 13.1. The summed E-state index contributed by atoms with van der Waals surface area (Å²) in [6.07, 6.45) is -0.845. The number of ether oxygens (including phenoxy) is 1. The summed E-state index contributed by atoms with van der Waals surface area (Å²) in [4.78, 5) is 0. The Labute approximate surface area is 180 Å². The summed E-state index contributed by atoms with van der Waals surface area (Å²) >= 11 is 0. The van der Waals surface area contributed by atoms with Gasteiger partial charge in [-0.2, -0.15) is 8.42 Å². The Morgan fingerprint density at radius 3 is 1.90 bits per heavy atom. The highest BCUT2D eigenvalue weighted by Gasteiger charge is 2.53. The normalized spacial score (nSPS) is 22.6. The molecule has 0 aliphatic carbocycles. The molecule has 0 radical (unpaired) electrons. The molecule has 2 bridgehead atoms. The van der Waals surface area contributed by atoms with Gasteiger partial charge in [0.25, 0.3) is 0 Å². The van der Waals surface area contributed by atoms with Crippen LogP contribution in [0.4, 0.5) is 0 Å². The van der Waals surface area contributed by atoms with Crippen molar-refractivity contribution in [3.8, 4) is 17.2 Å². The van der Waals surface area contributed by atoms with Crippen molar-refractivity contribution in [1.82, 2.24) is 0 Å². The quantitative estimate of drug-likeness (QED) is 0.588. The van der Waals surface area contributed by atoms with E-state index in [4.69, 9.17) is 8.92 Å². The lowest BCUT2D eigenvalue weighted by atomic mass is 9.83. The molecule has 7 heteroatoms. The third-order valence-electron chi connectivity index (χ3n) is 5.67. The fraction of sp³-hybridized carbons (Fsp3) is 0.167. The highest BCUT2D eigenvalue weighted by atomic mass is 32.2. The molecule has 1 fully saturated rings. The minimum Gasteiger partial charge on any atom is -0.508 e. The van der Waals surface area contributed by atoms with Gasteiger partial charge in [0.05, 0.1) is 6.10 Å². The molecule has 0 saturated carbocycles. The van der Waals surface area contributed by atoms with Gasteiger partial charge in [0, 0.05) is 6.42 Å². The molecule has 6 nitrogen and oxygen atoms in total. The second-order valence-electron chi connectivity index (χ2n) is 7.63. The SMILES string of the molecule is O=S(=O)(Oc1ccccc1)[C@@H]1C[C@H]2O[C@@H]1C(c1ccc(O)cc1)=C2c1ccc(O)cc1. The minimum absolute atomic E-state index is 0.121. The second-order valence-corrected chi connectivity index (χ2v) is 9.39. The number of phenols is 2. The molecule has 3 atom stereocenters. The topological polar surface area (TPSA) is 93.1 Å². The molecule has 3 aromatic rings. The number of aromatic hydroxyl groups is 2. The molecule has 158 valence electrons. The van der Waals surface area contributed by atoms with Gasteiger partial charge >= 0.3 is 10.1 Å². The molecule has 31 heavy (non-hydrogen) atoms. The summed E-state index contributed by atoms with van der Waals surface area (Å²) in [6, 6.07) is 21.8. The number of rotatable bonds is 5. The summed E-state index contributed by atoms with van der Waals surface area (Å²) in [5, 5.41) is 18.5. The predicted molar refractivity (Wildman–Crippen MR) is 116 cm³/mol. The van der Waals surface area contributed by atoms with Crippen LogP contribution in [0.25, 0.3) is 11.1 Å². The van der Waals surface area contributed by atoms with E-state index in [1.54, 1.807) is 78.9 Å². The Hall–Kier alpha value is -3.29. The predicted octanol–water partition coefficient (Wildman–Crippen LogP) is 3.96. The monoisotopic (exact) mass is 436 g/mol. The maximum Gasteiger partial charge on any atom is 0.315 e. The van der Waals surface area contributed by atoms with Gasteiger partial charge in [0.2, 0.25) is 0 Å². The first-order valence-corrected chi connectivity index (χ1v) is 11.4. The van der Waals surface area contributed by atoms with Crippen LogP contribution in [0.2, 0.25) is 0 Å². The van der Waals surface area contributed by atoms with Crippen molar-refractivity contribution in [3.05, 3.63) is 90.0 Å². The smallest absolute Gasteiger partial charge is 0.315 e. The van der Waals surface area contributed by atoms with E-state index >= 15 is 0 Å². The van der Waals surface area contributed by atoms with E-state index in [0.717, 1.165) is 22.3 Å². The maximum absolute atomic E-state index is 13.1. The summed E-state index contributed by atoms with van der Waals surface area (Å²) in [6.45, 7) is 0. The number of benzene rings is 3. The highest BCUT2D eigenvalue weighted by Crippen LogP contribution is 2.51. The lowest BCUT2D eigenvalue weighted by Crippen LogP contribution is -2.35. The van der Waals surface area contributed by atoms with Crippen LogP contribution in [0.15, 0.2) is 78.9 Å². The molecule has 2 aliphatic heterocycles. The molecule has 0 unspecified atom stereocenters. The molecule has 2 heterocycles. The van der Waals surface area contributed by atoms with Crippen molar-refractivity contribution in [3.63, 3.8) is 0 Å². The van der Waals surface area contributed by atoms with Crippen molar-refractivity contribution in [2.75, 3.05) is 0 Å². The first kappa shape index (κ1) is 19.7. The third-order valence-corrected chi connectivity index (χ3v) is 7.28. The Balaban J connectivity index is 1.58. The molecule has 1 saturated heterocycles. The molecule has 2 N–H and O–H groups in total. The second kappa shape index (κ2) is 7.44. The van der Waals surface area contributed by atoms with Crippen molar-refractivity contribution < 1.29 is 27.6 Å². The van der Waals surface area contributed by atoms with Gasteiger partial charge < -0.3 is 19.1 Å². The van der Waals surface area contributed by atoms with Crippen LogP contribution in [-0.2, 0) is 14.9 Å². The summed E-state index contributed by atoms with van der Waals surface area (Å²) in [5.74, 6) is 0.534. The first-order chi connectivity index (χ1) is 14.9. The van der Waals surface area contributed by atoms with Crippen molar-refractivity contribution in [2.45, 2.75) is 23.9 Å². The van der Waals surface area contributed by atoms with Gasteiger partial charge in [-0.05, 0) is 58.7 Å². The Morgan fingerprint density at radius 1 is 0.774 bits per heavy atom. The van der Waals surface area contributed by atoms with Crippen LogP contribution in [-0.4, -0.2) is 36.1 Å². The molecule has 3 aromatic carbocycles. The van der Waals surface area contributed by atoms with E-state index in [1.807, 2.05) is 0 Å². The number of phenolic OH excluding ortho intramolecular Hbond substituents is 2. The molecule has 0 aromatic heterocycles. The molecule has 0 amide bonds. The average Bonchev–Trinajstić information content (AvgIpc) is 3.35. The van der Waals surface area contributed by atoms with Crippen molar-refractivity contribution in [1.29, 1.82) is 0 Å².